The van der Waals surface area contributed by atoms with Crippen LogP contribution in [0, 0.1) is 0 Å². The van der Waals surface area contributed by atoms with Crippen molar-refractivity contribution in [2.45, 2.75) is 4.21 Å². The molecular weight excluding hydrogens is 342 g/mol. The van der Waals surface area contributed by atoms with Crippen LogP contribution in [0.5, 0.6) is 0 Å². The van der Waals surface area contributed by atoms with Gasteiger partial charge in [-0.2, -0.15) is 8.61 Å². The quantitative estimate of drug-likeness (QED) is 0.742. The van der Waals surface area contributed by atoms with E-state index in [1.165, 1.54) is 4.31 Å². The molecule has 0 amide bonds. The minimum Gasteiger partial charge on any atom is -0.476 e. The summed E-state index contributed by atoms with van der Waals surface area (Å²) in [5.41, 5.74) is 0.647. The second-order valence-corrected chi connectivity index (χ2v) is 9.33. The van der Waals surface area contributed by atoms with Gasteiger partial charge in [0.2, 0.25) is 10.0 Å². The Kier molecular flexibility index (Phi) is 4.35. The number of hydrogen-bond donors (Lipinski definition) is 1. The number of thiazole rings is 1. The van der Waals surface area contributed by atoms with E-state index in [1.54, 1.807) is 0 Å². The third-order valence-electron chi connectivity index (χ3n) is 2.98. The first-order chi connectivity index (χ1) is 9.64. The van der Waals surface area contributed by atoms with Crippen LogP contribution >= 0.6 is 11.3 Å². The second kappa shape index (κ2) is 5.61. The molecule has 2 rings (SSSR count). The van der Waals surface area contributed by atoms with Crippen molar-refractivity contribution in [3.63, 3.8) is 0 Å². The molecule has 1 aliphatic rings. The number of carboxylic acid groups (broad SMARTS) is 1. The van der Waals surface area contributed by atoms with Gasteiger partial charge < -0.3 is 5.11 Å². The Morgan fingerprint density at radius 3 is 2.19 bits per heavy atom. The molecule has 0 atom stereocenters. The highest BCUT2D eigenvalue weighted by molar-refractivity contribution is 7.91. The molecule has 2 heterocycles. The second-order valence-electron chi connectivity index (χ2n) is 4.36. The molecule has 1 fully saturated rings. The van der Waals surface area contributed by atoms with Crippen LogP contribution in [0.2, 0.25) is 0 Å². The summed E-state index contributed by atoms with van der Waals surface area (Å²) in [5.74, 6) is -1.41. The van der Waals surface area contributed by atoms with E-state index in [-0.39, 0.29) is 30.4 Å². The summed E-state index contributed by atoms with van der Waals surface area (Å²) >= 11 is 0.731. The van der Waals surface area contributed by atoms with E-state index in [4.69, 9.17) is 5.11 Å². The maximum Gasteiger partial charge on any atom is 0.356 e. The molecule has 1 aromatic heterocycles. The number of hydrogen-bond acceptors (Lipinski definition) is 7. The third-order valence-corrected chi connectivity index (χ3v) is 7.53. The van der Waals surface area contributed by atoms with E-state index < -0.39 is 31.7 Å². The van der Waals surface area contributed by atoms with Gasteiger partial charge in [-0.25, -0.2) is 26.6 Å². The normalized spacial score (nSPS) is 18.7. The number of nitrogens with zero attached hydrogens (tertiary/aromatic N) is 3. The molecular formula is C9H13N3O6S3. The van der Waals surface area contributed by atoms with Gasteiger partial charge in [0, 0.05) is 26.2 Å². The van der Waals surface area contributed by atoms with Gasteiger partial charge in [-0.05, 0) is 0 Å². The number of carboxylic acids is 1. The standard InChI is InChI=1S/C9H13N3O6S3/c1-20(15,16)11-2-4-12(5-3-11)21(17,18)9-7(8(13)14)10-6-19-9/h6H,2-5H2,1H3,(H,13,14). The van der Waals surface area contributed by atoms with Crippen LogP contribution in [-0.2, 0) is 20.0 Å². The summed E-state index contributed by atoms with van der Waals surface area (Å²) in [5, 5.41) is 8.94. The minimum atomic E-state index is -3.98. The van der Waals surface area contributed by atoms with Crippen LogP contribution < -0.4 is 0 Å². The fraction of sp³-hybridized carbons (Fsp3) is 0.556. The molecule has 0 aromatic carbocycles. The molecule has 0 saturated carbocycles. The van der Waals surface area contributed by atoms with Crippen molar-refractivity contribution in [1.82, 2.24) is 13.6 Å². The van der Waals surface area contributed by atoms with Crippen molar-refractivity contribution in [2.24, 2.45) is 0 Å². The number of sulfonamides is 2. The summed E-state index contributed by atoms with van der Waals surface area (Å²) in [7, 11) is -7.34. The van der Waals surface area contributed by atoms with Crippen molar-refractivity contribution in [1.29, 1.82) is 0 Å². The molecule has 0 radical (unpaired) electrons. The summed E-state index contributed by atoms with van der Waals surface area (Å²) < 4.78 is 49.5. The first kappa shape index (κ1) is 16.3. The Morgan fingerprint density at radius 2 is 1.71 bits per heavy atom. The molecule has 0 spiro atoms. The molecule has 1 aromatic rings. The van der Waals surface area contributed by atoms with Crippen molar-refractivity contribution < 1.29 is 26.7 Å². The number of rotatable bonds is 4. The predicted molar refractivity (Wildman–Crippen MR) is 74.2 cm³/mol. The van der Waals surface area contributed by atoms with Crippen LogP contribution in [0.15, 0.2) is 9.72 Å². The van der Waals surface area contributed by atoms with Gasteiger partial charge in [0.15, 0.2) is 9.90 Å². The number of carbonyl (C=O) groups is 1. The topological polar surface area (TPSA) is 125 Å². The largest absolute Gasteiger partial charge is 0.476 e. The highest BCUT2D eigenvalue weighted by Gasteiger charge is 2.35. The summed E-state index contributed by atoms with van der Waals surface area (Å²) in [6, 6.07) is 0. The van der Waals surface area contributed by atoms with Gasteiger partial charge in [-0.15, -0.1) is 11.3 Å². The maximum atomic E-state index is 12.4. The van der Waals surface area contributed by atoms with Gasteiger partial charge in [-0.1, -0.05) is 0 Å². The highest BCUT2D eigenvalue weighted by atomic mass is 32.2. The van der Waals surface area contributed by atoms with Crippen molar-refractivity contribution >= 4 is 37.4 Å². The average molecular weight is 355 g/mol. The van der Waals surface area contributed by atoms with E-state index >= 15 is 0 Å². The van der Waals surface area contributed by atoms with Crippen molar-refractivity contribution in [3.05, 3.63) is 11.2 Å². The zero-order valence-electron chi connectivity index (χ0n) is 11.0. The molecule has 21 heavy (non-hydrogen) atoms. The smallest absolute Gasteiger partial charge is 0.356 e. The third kappa shape index (κ3) is 3.23. The molecule has 0 unspecified atom stereocenters. The maximum absolute atomic E-state index is 12.4. The molecule has 0 aliphatic carbocycles. The number of aromatic nitrogens is 1. The van der Waals surface area contributed by atoms with Gasteiger partial charge in [0.25, 0.3) is 10.0 Å². The zero-order chi connectivity index (χ0) is 15.8. The van der Waals surface area contributed by atoms with Crippen LogP contribution in [-0.4, -0.2) is 73.9 Å². The van der Waals surface area contributed by atoms with E-state index in [9.17, 15) is 21.6 Å². The minimum absolute atomic E-state index is 0.0215. The van der Waals surface area contributed by atoms with Gasteiger partial charge in [0.05, 0.1) is 11.8 Å². The summed E-state index contributed by atoms with van der Waals surface area (Å²) in [4.78, 5) is 14.5. The van der Waals surface area contributed by atoms with E-state index in [1.807, 2.05) is 0 Å². The molecule has 118 valence electrons. The lowest BCUT2D eigenvalue weighted by atomic mass is 10.4. The Labute approximate surface area is 125 Å². The first-order valence-corrected chi connectivity index (χ1v) is 9.93. The van der Waals surface area contributed by atoms with Crippen LogP contribution in [0.3, 0.4) is 0 Å². The predicted octanol–water partition coefficient (Wildman–Crippen LogP) is -0.893. The lowest BCUT2D eigenvalue weighted by Crippen LogP contribution is -2.50. The number of piperazine rings is 1. The van der Waals surface area contributed by atoms with Gasteiger partial charge in [0.1, 0.15) is 0 Å². The monoisotopic (exact) mass is 355 g/mol. The Balaban J connectivity index is 2.23. The Hall–Kier alpha value is -1.08. The molecule has 1 saturated heterocycles. The molecule has 1 aliphatic heterocycles. The molecule has 0 bridgehead atoms. The Bertz CT molecular complexity index is 745. The van der Waals surface area contributed by atoms with Gasteiger partial charge >= 0.3 is 5.97 Å². The molecule has 1 N–H and O–H groups in total. The number of aromatic carboxylic acids is 1. The van der Waals surface area contributed by atoms with Crippen LogP contribution in [0.1, 0.15) is 10.5 Å². The van der Waals surface area contributed by atoms with Crippen LogP contribution in [0.25, 0.3) is 0 Å². The SMILES string of the molecule is CS(=O)(=O)N1CCN(S(=O)(=O)c2scnc2C(=O)O)CC1. The summed E-state index contributed by atoms with van der Waals surface area (Å²) in [6.45, 7) is 0.0390. The fourth-order valence-corrected chi connectivity index (χ4v) is 5.45. The lowest BCUT2D eigenvalue weighted by Gasteiger charge is -2.32. The molecule has 9 nitrogen and oxygen atoms in total. The van der Waals surface area contributed by atoms with Crippen molar-refractivity contribution in [3.8, 4) is 0 Å². The fourth-order valence-electron chi connectivity index (χ4n) is 1.92. The molecule has 12 heteroatoms. The summed E-state index contributed by atoms with van der Waals surface area (Å²) in [6.07, 6.45) is 1.06. The zero-order valence-corrected chi connectivity index (χ0v) is 13.4. The van der Waals surface area contributed by atoms with Gasteiger partial charge in [-0.3, -0.25) is 0 Å². The van der Waals surface area contributed by atoms with Crippen LogP contribution in [0.4, 0.5) is 0 Å². The van der Waals surface area contributed by atoms with E-state index in [2.05, 4.69) is 4.98 Å². The van der Waals surface area contributed by atoms with E-state index in [0.29, 0.717) is 0 Å². The highest BCUT2D eigenvalue weighted by Crippen LogP contribution is 2.25. The lowest BCUT2D eigenvalue weighted by molar-refractivity contribution is 0.0687. The van der Waals surface area contributed by atoms with Crippen molar-refractivity contribution in [2.75, 3.05) is 32.4 Å². The average Bonchev–Trinajstić information content (AvgIpc) is 2.88. The van der Waals surface area contributed by atoms with E-state index in [0.717, 1.165) is 27.4 Å². The Morgan fingerprint density at radius 1 is 1.19 bits per heavy atom. The first-order valence-electron chi connectivity index (χ1n) is 5.76.